The number of nitrogens with zero attached hydrogens (tertiary/aromatic N) is 4. The van der Waals surface area contributed by atoms with Gasteiger partial charge in [0, 0.05) is 28.7 Å². The zero-order chi connectivity index (χ0) is 25.4. The van der Waals surface area contributed by atoms with Crippen molar-refractivity contribution >= 4 is 33.3 Å². The monoisotopic (exact) mass is 505 g/mol. The number of nitrogens with one attached hydrogen (secondary N) is 1. The van der Waals surface area contributed by atoms with Gasteiger partial charge >= 0.3 is 6.09 Å². The molecule has 4 aromatic rings. The lowest BCUT2D eigenvalue weighted by atomic mass is 9.89. The molecule has 0 radical (unpaired) electrons. The van der Waals surface area contributed by atoms with Gasteiger partial charge in [-0.2, -0.15) is 5.10 Å². The molecule has 0 aromatic carbocycles. The summed E-state index contributed by atoms with van der Waals surface area (Å²) in [5.41, 5.74) is 6.46. The minimum atomic E-state index is -0.456. The summed E-state index contributed by atoms with van der Waals surface area (Å²) < 4.78 is 8.96. The molecule has 0 aliphatic carbocycles. The average molecular weight is 506 g/mol. The summed E-state index contributed by atoms with van der Waals surface area (Å²) in [6.07, 6.45) is 7.73. The number of amides is 1. The van der Waals surface area contributed by atoms with Crippen LogP contribution in [0.3, 0.4) is 0 Å². The summed E-state index contributed by atoms with van der Waals surface area (Å²) in [7, 11) is 0. The molecular formula is C28H35N5O2S. The van der Waals surface area contributed by atoms with Crippen LogP contribution in [0.25, 0.3) is 27.1 Å². The van der Waals surface area contributed by atoms with E-state index in [1.807, 2.05) is 41.5 Å². The number of fused-ring (bicyclic) bond motifs is 4. The standard InChI is InChI=1S/C28H35N5O2S/c1-15(2)23-24(18-9-16(3)26-29-14-30-32(26)13-18)31-21-12-22(36-25(21)23)17-10-19-7-8-20(11-17)33(19)27(34)35-28(4,5)6/h9,12-15,17,19-20,31H,7-8,10-11H2,1-6H3/t17-,19-,20+. The molecule has 2 aliphatic rings. The van der Waals surface area contributed by atoms with Crippen molar-refractivity contribution in [1.82, 2.24) is 24.5 Å². The number of piperidine rings is 1. The van der Waals surface area contributed by atoms with Gasteiger partial charge in [-0.15, -0.1) is 11.3 Å². The maximum absolute atomic E-state index is 12.9. The lowest BCUT2D eigenvalue weighted by molar-refractivity contribution is 0.00596. The largest absolute Gasteiger partial charge is 0.444 e. The maximum atomic E-state index is 12.9. The third kappa shape index (κ3) is 3.90. The number of aryl methyl sites for hydroxylation is 1. The van der Waals surface area contributed by atoms with E-state index in [4.69, 9.17) is 4.74 Å². The summed E-state index contributed by atoms with van der Waals surface area (Å²) >= 11 is 1.93. The van der Waals surface area contributed by atoms with Crippen molar-refractivity contribution in [3.05, 3.63) is 40.7 Å². The Bertz CT molecular complexity index is 1440. The highest BCUT2D eigenvalue weighted by atomic mass is 32.1. The SMILES string of the molecule is Cc1cc(-c2[nH]c3cc([C@@H]4C[C@H]5CC[C@@H](C4)N5C(=O)OC(C)(C)C)sc3c2C(C)C)cn2ncnc12. The zero-order valence-electron chi connectivity index (χ0n) is 22.0. The summed E-state index contributed by atoms with van der Waals surface area (Å²) in [6, 6.07) is 5.13. The molecule has 1 N–H and O–H groups in total. The number of carbonyl (C=O) groups excluding carboxylic acids is 1. The molecule has 36 heavy (non-hydrogen) atoms. The normalized spacial score (nSPS) is 22.3. The van der Waals surface area contributed by atoms with Gasteiger partial charge in [0.25, 0.3) is 0 Å². The van der Waals surface area contributed by atoms with Crippen molar-refractivity contribution in [2.24, 2.45) is 0 Å². The van der Waals surface area contributed by atoms with Crippen LogP contribution in [0, 0.1) is 6.92 Å². The molecule has 6 rings (SSSR count). The summed E-state index contributed by atoms with van der Waals surface area (Å²) in [5.74, 6) is 0.876. The van der Waals surface area contributed by atoms with E-state index in [0.717, 1.165) is 42.5 Å². The second-order valence-corrected chi connectivity index (χ2v) is 12.9. The minimum absolute atomic E-state index is 0.141. The smallest absolute Gasteiger partial charge is 0.410 e. The molecule has 2 bridgehead atoms. The van der Waals surface area contributed by atoms with Gasteiger partial charge in [-0.1, -0.05) is 13.8 Å². The van der Waals surface area contributed by atoms with E-state index in [1.165, 1.54) is 26.4 Å². The Labute approximate surface area is 215 Å². The van der Waals surface area contributed by atoms with E-state index in [0.29, 0.717) is 11.8 Å². The number of ether oxygens (including phenoxy) is 1. The minimum Gasteiger partial charge on any atom is -0.444 e. The lowest BCUT2D eigenvalue weighted by Crippen LogP contribution is -2.48. The van der Waals surface area contributed by atoms with E-state index < -0.39 is 5.60 Å². The molecule has 190 valence electrons. The van der Waals surface area contributed by atoms with Crippen molar-refractivity contribution in [1.29, 1.82) is 0 Å². The molecule has 4 aromatic heterocycles. The van der Waals surface area contributed by atoms with Crippen LogP contribution in [0.15, 0.2) is 24.7 Å². The molecule has 2 saturated heterocycles. The summed E-state index contributed by atoms with van der Waals surface area (Å²) in [6.45, 7) is 12.5. The summed E-state index contributed by atoms with van der Waals surface area (Å²) in [4.78, 5) is 24.5. The first kappa shape index (κ1) is 23.5. The van der Waals surface area contributed by atoms with Gasteiger partial charge in [-0.25, -0.2) is 14.3 Å². The van der Waals surface area contributed by atoms with E-state index in [2.05, 4.69) is 54.2 Å². The molecule has 0 spiro atoms. The van der Waals surface area contributed by atoms with Crippen LogP contribution in [-0.4, -0.2) is 48.3 Å². The topological polar surface area (TPSA) is 75.5 Å². The van der Waals surface area contributed by atoms with Crippen molar-refractivity contribution in [3.8, 4) is 11.3 Å². The second-order valence-electron chi connectivity index (χ2n) is 11.8. The van der Waals surface area contributed by atoms with Gasteiger partial charge in [-0.05, 0) is 88.5 Å². The van der Waals surface area contributed by atoms with Gasteiger partial charge in [0.15, 0.2) is 5.65 Å². The molecule has 2 fully saturated rings. The Balaban J connectivity index is 1.31. The number of carbonyl (C=O) groups is 1. The molecule has 0 unspecified atom stereocenters. The summed E-state index contributed by atoms with van der Waals surface area (Å²) in [5, 5.41) is 4.37. The molecule has 8 heteroatoms. The predicted molar refractivity (Wildman–Crippen MR) is 144 cm³/mol. The highest BCUT2D eigenvalue weighted by molar-refractivity contribution is 7.19. The van der Waals surface area contributed by atoms with Gasteiger partial charge in [-0.3, -0.25) is 0 Å². The first-order valence-electron chi connectivity index (χ1n) is 13.1. The number of hydrogen-bond donors (Lipinski definition) is 1. The number of aromatic amines is 1. The van der Waals surface area contributed by atoms with Crippen LogP contribution in [0.5, 0.6) is 0 Å². The average Bonchev–Trinajstić information content (AvgIpc) is 3.53. The van der Waals surface area contributed by atoms with Crippen molar-refractivity contribution in [2.75, 3.05) is 0 Å². The number of hydrogen-bond acceptors (Lipinski definition) is 5. The fraction of sp³-hybridized carbons (Fsp3) is 0.536. The Kier molecular flexibility index (Phi) is 5.44. The Hall–Kier alpha value is -2.87. The van der Waals surface area contributed by atoms with Crippen molar-refractivity contribution in [3.63, 3.8) is 0 Å². The molecule has 6 heterocycles. The van der Waals surface area contributed by atoms with E-state index in [-0.39, 0.29) is 18.2 Å². The fourth-order valence-electron chi connectivity index (χ4n) is 6.25. The first-order valence-corrected chi connectivity index (χ1v) is 13.9. The van der Waals surface area contributed by atoms with Gasteiger partial charge in [0.2, 0.25) is 0 Å². The number of thiophene rings is 1. The third-order valence-electron chi connectivity index (χ3n) is 7.69. The number of aromatic nitrogens is 4. The number of H-pyrrole nitrogens is 1. The fourth-order valence-corrected chi connectivity index (χ4v) is 7.69. The molecule has 3 atom stereocenters. The Morgan fingerprint density at radius 2 is 1.92 bits per heavy atom. The van der Waals surface area contributed by atoms with E-state index in [1.54, 1.807) is 6.33 Å². The zero-order valence-corrected chi connectivity index (χ0v) is 22.8. The molecular weight excluding hydrogens is 470 g/mol. The van der Waals surface area contributed by atoms with Gasteiger partial charge in [0.05, 0.1) is 15.9 Å². The molecule has 7 nitrogen and oxygen atoms in total. The number of rotatable bonds is 3. The van der Waals surface area contributed by atoms with Crippen LogP contribution in [-0.2, 0) is 4.74 Å². The maximum Gasteiger partial charge on any atom is 0.410 e. The van der Waals surface area contributed by atoms with Crippen LogP contribution < -0.4 is 0 Å². The predicted octanol–water partition coefficient (Wildman–Crippen LogP) is 7.02. The Morgan fingerprint density at radius 3 is 2.58 bits per heavy atom. The molecule has 0 saturated carbocycles. The highest BCUT2D eigenvalue weighted by Gasteiger charge is 2.45. The van der Waals surface area contributed by atoms with E-state index in [9.17, 15) is 4.79 Å². The van der Waals surface area contributed by atoms with Crippen molar-refractivity contribution < 1.29 is 9.53 Å². The van der Waals surface area contributed by atoms with Crippen LogP contribution >= 0.6 is 11.3 Å². The van der Waals surface area contributed by atoms with Gasteiger partial charge in [0.1, 0.15) is 11.9 Å². The van der Waals surface area contributed by atoms with E-state index >= 15 is 0 Å². The van der Waals surface area contributed by atoms with Crippen LogP contribution in [0.4, 0.5) is 4.79 Å². The first-order chi connectivity index (χ1) is 17.1. The molecule has 2 aliphatic heterocycles. The quantitative estimate of drug-likeness (QED) is 0.325. The van der Waals surface area contributed by atoms with Gasteiger partial charge < -0.3 is 14.6 Å². The molecule has 1 amide bonds. The van der Waals surface area contributed by atoms with Crippen molar-refractivity contribution in [2.45, 2.75) is 96.7 Å². The Morgan fingerprint density at radius 1 is 1.19 bits per heavy atom. The number of pyridine rings is 1. The lowest BCUT2D eigenvalue weighted by Gasteiger charge is -2.39. The van der Waals surface area contributed by atoms with Crippen LogP contribution in [0.2, 0.25) is 0 Å². The second kappa shape index (κ2) is 8.33. The highest BCUT2D eigenvalue weighted by Crippen LogP contribution is 2.48. The third-order valence-corrected chi connectivity index (χ3v) is 9.02. The van der Waals surface area contributed by atoms with Crippen LogP contribution in [0.1, 0.15) is 88.1 Å².